The molecule has 0 bridgehead atoms. The fraction of sp³-hybridized carbons (Fsp3) is 0.462. The van der Waals surface area contributed by atoms with E-state index in [1.165, 1.54) is 7.11 Å². The quantitative estimate of drug-likeness (QED) is 0.629. The monoisotopic (exact) mass is 279 g/mol. The number of carbonyl (C=O) groups is 1. The number of ether oxygens (including phenoxy) is 1. The van der Waals surface area contributed by atoms with Gasteiger partial charge in [-0.25, -0.2) is 9.78 Å². The number of hydrogen-bond donors (Lipinski definition) is 1. The van der Waals surface area contributed by atoms with Gasteiger partial charge in [0, 0.05) is 30.9 Å². The minimum atomic E-state index is -0.424. The zero-order valence-electron chi connectivity index (χ0n) is 10.8. The average Bonchev–Trinajstić information content (AvgIpc) is 3.23. The topological polar surface area (TPSA) is 68.5 Å². The SMILES string of the molecule is COC(=O)c1cc(N(CCC(N)=S)C2CC2)ccn1. The molecule has 1 aliphatic rings. The number of carbonyl (C=O) groups excluding carboxylic acids is 1. The van der Waals surface area contributed by atoms with E-state index in [4.69, 9.17) is 18.0 Å². The summed E-state index contributed by atoms with van der Waals surface area (Å²) in [6, 6.07) is 4.16. The number of anilines is 1. The first kappa shape index (κ1) is 13.7. The highest BCUT2D eigenvalue weighted by Gasteiger charge is 2.29. The lowest BCUT2D eigenvalue weighted by Gasteiger charge is -2.24. The normalized spacial score (nSPS) is 13.9. The van der Waals surface area contributed by atoms with Gasteiger partial charge in [-0.15, -0.1) is 0 Å². The lowest BCUT2D eigenvalue weighted by molar-refractivity contribution is 0.0594. The number of nitrogens with two attached hydrogens (primary N) is 1. The molecule has 5 nitrogen and oxygen atoms in total. The summed E-state index contributed by atoms with van der Waals surface area (Å²) >= 11 is 4.92. The molecule has 0 atom stereocenters. The minimum Gasteiger partial charge on any atom is -0.464 e. The van der Waals surface area contributed by atoms with Crippen molar-refractivity contribution in [2.24, 2.45) is 5.73 Å². The molecule has 1 aromatic rings. The third kappa shape index (κ3) is 3.64. The largest absolute Gasteiger partial charge is 0.464 e. The summed E-state index contributed by atoms with van der Waals surface area (Å²) in [5.74, 6) is -0.424. The van der Waals surface area contributed by atoms with Gasteiger partial charge < -0.3 is 15.4 Å². The van der Waals surface area contributed by atoms with Crippen molar-refractivity contribution in [3.05, 3.63) is 24.0 Å². The first-order chi connectivity index (χ1) is 9.11. The van der Waals surface area contributed by atoms with Gasteiger partial charge in [0.15, 0.2) is 0 Å². The predicted molar refractivity (Wildman–Crippen MR) is 77.3 cm³/mol. The number of thiocarbonyl (C=S) groups is 1. The molecule has 19 heavy (non-hydrogen) atoms. The Kier molecular flexibility index (Phi) is 4.31. The molecule has 102 valence electrons. The molecule has 1 aliphatic carbocycles. The van der Waals surface area contributed by atoms with Crippen LogP contribution >= 0.6 is 12.2 Å². The van der Waals surface area contributed by atoms with E-state index in [-0.39, 0.29) is 0 Å². The molecule has 1 aromatic heterocycles. The Labute approximate surface area is 117 Å². The van der Waals surface area contributed by atoms with Crippen LogP contribution in [0.3, 0.4) is 0 Å². The number of esters is 1. The number of methoxy groups -OCH3 is 1. The van der Waals surface area contributed by atoms with Crippen molar-refractivity contribution in [2.75, 3.05) is 18.6 Å². The maximum Gasteiger partial charge on any atom is 0.356 e. The highest BCUT2D eigenvalue weighted by atomic mass is 32.1. The van der Waals surface area contributed by atoms with Crippen LogP contribution in [0.1, 0.15) is 29.8 Å². The zero-order chi connectivity index (χ0) is 13.8. The first-order valence-corrected chi connectivity index (χ1v) is 6.62. The van der Waals surface area contributed by atoms with Crippen molar-refractivity contribution >= 4 is 28.9 Å². The molecular formula is C13H17N3O2S. The summed E-state index contributed by atoms with van der Waals surface area (Å²) in [5, 5.41) is 0. The van der Waals surface area contributed by atoms with Crippen LogP contribution in [0.2, 0.25) is 0 Å². The third-order valence-corrected chi connectivity index (χ3v) is 3.26. The van der Waals surface area contributed by atoms with E-state index in [2.05, 4.69) is 14.6 Å². The standard InChI is InChI=1S/C13H17N3O2S/c1-18-13(17)11-8-10(4-6-15-11)16(9-2-3-9)7-5-12(14)19/h4,6,8-9H,2-3,5,7H2,1H3,(H2,14,19). The lowest BCUT2D eigenvalue weighted by atomic mass is 10.2. The Morgan fingerprint density at radius 3 is 2.95 bits per heavy atom. The molecule has 1 fully saturated rings. The van der Waals surface area contributed by atoms with Crippen LogP contribution in [0, 0.1) is 0 Å². The Bertz CT molecular complexity index is 489. The maximum absolute atomic E-state index is 11.5. The second-order valence-electron chi connectivity index (χ2n) is 4.53. The molecule has 0 amide bonds. The number of hydrogen-bond acceptors (Lipinski definition) is 5. The molecule has 0 aliphatic heterocycles. The second kappa shape index (κ2) is 5.97. The molecular weight excluding hydrogens is 262 g/mol. The van der Waals surface area contributed by atoms with E-state index in [1.54, 1.807) is 12.3 Å². The number of pyridine rings is 1. The van der Waals surface area contributed by atoms with Gasteiger partial charge in [0.2, 0.25) is 0 Å². The van der Waals surface area contributed by atoms with E-state index in [1.807, 2.05) is 6.07 Å². The van der Waals surface area contributed by atoms with Crippen molar-refractivity contribution in [2.45, 2.75) is 25.3 Å². The lowest BCUT2D eigenvalue weighted by Crippen LogP contribution is -2.29. The molecule has 0 aromatic carbocycles. The molecule has 6 heteroatoms. The summed E-state index contributed by atoms with van der Waals surface area (Å²) in [6.45, 7) is 0.768. The molecule has 0 spiro atoms. The summed E-state index contributed by atoms with van der Waals surface area (Å²) < 4.78 is 4.68. The van der Waals surface area contributed by atoms with Crippen molar-refractivity contribution < 1.29 is 9.53 Å². The van der Waals surface area contributed by atoms with Crippen LogP contribution < -0.4 is 10.6 Å². The van der Waals surface area contributed by atoms with E-state index in [0.717, 1.165) is 25.1 Å². The van der Waals surface area contributed by atoms with Crippen LogP contribution in [0.15, 0.2) is 18.3 Å². The second-order valence-corrected chi connectivity index (χ2v) is 5.06. The zero-order valence-corrected chi connectivity index (χ0v) is 11.7. The van der Waals surface area contributed by atoms with Gasteiger partial charge in [-0.1, -0.05) is 12.2 Å². The van der Waals surface area contributed by atoms with Crippen molar-refractivity contribution in [1.29, 1.82) is 0 Å². The Hall–Kier alpha value is -1.69. The Morgan fingerprint density at radius 1 is 1.63 bits per heavy atom. The van der Waals surface area contributed by atoms with Crippen LogP contribution in [-0.2, 0) is 4.74 Å². The molecule has 1 heterocycles. The highest BCUT2D eigenvalue weighted by Crippen LogP contribution is 2.31. The number of nitrogens with zero attached hydrogens (tertiary/aromatic N) is 2. The van der Waals surface area contributed by atoms with Gasteiger partial charge in [-0.3, -0.25) is 0 Å². The molecule has 0 saturated heterocycles. The van der Waals surface area contributed by atoms with Gasteiger partial charge in [0.05, 0.1) is 12.1 Å². The molecule has 0 radical (unpaired) electrons. The van der Waals surface area contributed by atoms with Crippen LogP contribution in [-0.4, -0.2) is 35.6 Å². The molecule has 0 unspecified atom stereocenters. The summed E-state index contributed by atoms with van der Waals surface area (Å²) in [4.78, 5) is 18.2. The van der Waals surface area contributed by atoms with E-state index in [0.29, 0.717) is 23.1 Å². The number of aromatic nitrogens is 1. The van der Waals surface area contributed by atoms with Gasteiger partial charge in [-0.05, 0) is 25.0 Å². The smallest absolute Gasteiger partial charge is 0.356 e. The summed E-state index contributed by atoms with van der Waals surface area (Å²) in [6.07, 6.45) is 4.61. The van der Waals surface area contributed by atoms with Gasteiger partial charge >= 0.3 is 5.97 Å². The highest BCUT2D eigenvalue weighted by molar-refractivity contribution is 7.80. The minimum absolute atomic E-state index is 0.320. The van der Waals surface area contributed by atoms with Gasteiger partial charge in [0.1, 0.15) is 5.69 Å². The van der Waals surface area contributed by atoms with E-state index in [9.17, 15) is 4.79 Å². The molecule has 2 N–H and O–H groups in total. The van der Waals surface area contributed by atoms with E-state index >= 15 is 0 Å². The Morgan fingerprint density at radius 2 is 2.37 bits per heavy atom. The third-order valence-electron chi connectivity index (χ3n) is 3.06. The van der Waals surface area contributed by atoms with Crippen molar-refractivity contribution in [1.82, 2.24) is 4.98 Å². The van der Waals surface area contributed by atoms with Crippen molar-refractivity contribution in [3.8, 4) is 0 Å². The van der Waals surface area contributed by atoms with E-state index < -0.39 is 5.97 Å². The molecule has 1 saturated carbocycles. The number of rotatable bonds is 6. The first-order valence-electron chi connectivity index (χ1n) is 6.21. The Balaban J connectivity index is 2.16. The van der Waals surface area contributed by atoms with Crippen molar-refractivity contribution in [3.63, 3.8) is 0 Å². The predicted octanol–water partition coefficient (Wildman–Crippen LogP) is 1.51. The average molecular weight is 279 g/mol. The van der Waals surface area contributed by atoms with Crippen LogP contribution in [0.25, 0.3) is 0 Å². The fourth-order valence-corrected chi connectivity index (χ4v) is 2.04. The van der Waals surface area contributed by atoms with Gasteiger partial charge in [0.25, 0.3) is 0 Å². The summed E-state index contributed by atoms with van der Waals surface area (Å²) in [7, 11) is 1.35. The van der Waals surface area contributed by atoms with Crippen LogP contribution in [0.5, 0.6) is 0 Å². The maximum atomic E-state index is 11.5. The van der Waals surface area contributed by atoms with Gasteiger partial charge in [-0.2, -0.15) is 0 Å². The molecule has 2 rings (SSSR count). The fourth-order valence-electron chi connectivity index (χ4n) is 1.95. The summed E-state index contributed by atoms with van der Waals surface area (Å²) in [5.41, 5.74) is 6.84. The van der Waals surface area contributed by atoms with Crippen LogP contribution in [0.4, 0.5) is 5.69 Å².